The molecule has 0 aromatic heterocycles. The summed E-state index contributed by atoms with van der Waals surface area (Å²) in [5.74, 6) is -0.527. The highest BCUT2D eigenvalue weighted by atomic mass is 16.5. The van der Waals surface area contributed by atoms with Crippen LogP contribution in [0.3, 0.4) is 0 Å². The van der Waals surface area contributed by atoms with E-state index in [0.717, 1.165) is 24.0 Å². The number of nitrogens with one attached hydrogen (secondary N) is 3. The number of carbonyl (C=O) groups is 2. The van der Waals surface area contributed by atoms with Crippen LogP contribution in [0.5, 0.6) is 0 Å². The molecule has 6 nitrogen and oxygen atoms in total. The monoisotopic (exact) mass is 357 g/mol. The molecule has 2 amide bonds. The maximum absolute atomic E-state index is 12.9. The fraction of sp³-hybridized carbons (Fsp3) is 0.400. The van der Waals surface area contributed by atoms with E-state index >= 15 is 0 Å². The Labute approximate surface area is 154 Å². The van der Waals surface area contributed by atoms with E-state index in [4.69, 9.17) is 4.74 Å². The lowest BCUT2D eigenvalue weighted by Crippen LogP contribution is -2.51. The van der Waals surface area contributed by atoms with Gasteiger partial charge in [0.1, 0.15) is 6.04 Å². The van der Waals surface area contributed by atoms with Gasteiger partial charge < -0.3 is 20.7 Å². The molecule has 2 atom stereocenters. The highest BCUT2D eigenvalue weighted by Gasteiger charge is 2.33. The summed E-state index contributed by atoms with van der Waals surface area (Å²) in [5, 5.41) is 8.59. The molecular formula is C20H27N3O3. The van der Waals surface area contributed by atoms with Crippen molar-refractivity contribution in [2.24, 2.45) is 0 Å². The van der Waals surface area contributed by atoms with Crippen molar-refractivity contribution in [3.05, 3.63) is 59.7 Å². The van der Waals surface area contributed by atoms with Crippen LogP contribution in [-0.4, -0.2) is 45.3 Å². The minimum atomic E-state index is -0.768. The largest absolute Gasteiger partial charge is 0.453 e. The molecule has 0 heterocycles. The number of amides is 2. The molecule has 1 aliphatic rings. The molecule has 0 aliphatic heterocycles. The number of hydrogen-bond acceptors (Lipinski definition) is 4. The van der Waals surface area contributed by atoms with E-state index < -0.39 is 12.1 Å². The highest BCUT2D eigenvalue weighted by molar-refractivity contribution is 5.87. The molecule has 1 aliphatic carbocycles. The first-order valence-electron chi connectivity index (χ1n) is 8.85. The van der Waals surface area contributed by atoms with Crippen molar-refractivity contribution < 1.29 is 14.3 Å². The van der Waals surface area contributed by atoms with E-state index in [9.17, 15) is 9.59 Å². The molecule has 3 N–H and O–H groups in total. The molecule has 1 aromatic rings. The van der Waals surface area contributed by atoms with Gasteiger partial charge in [-0.05, 0) is 31.0 Å². The summed E-state index contributed by atoms with van der Waals surface area (Å²) in [4.78, 5) is 24.8. The quantitative estimate of drug-likeness (QED) is 0.623. The Morgan fingerprint density at radius 1 is 1.15 bits per heavy atom. The van der Waals surface area contributed by atoms with Crippen LogP contribution in [0.25, 0.3) is 0 Å². The summed E-state index contributed by atoms with van der Waals surface area (Å²) in [6.07, 6.45) is 7.54. The molecule has 0 fully saturated rings. The van der Waals surface area contributed by atoms with Crippen LogP contribution in [0.4, 0.5) is 4.79 Å². The minimum Gasteiger partial charge on any atom is -0.453 e. The van der Waals surface area contributed by atoms with Gasteiger partial charge in [-0.25, -0.2) is 4.79 Å². The van der Waals surface area contributed by atoms with Crippen molar-refractivity contribution in [3.63, 3.8) is 0 Å². The Morgan fingerprint density at radius 2 is 1.92 bits per heavy atom. The second kappa shape index (κ2) is 10.4. The van der Waals surface area contributed by atoms with Gasteiger partial charge in [-0.2, -0.15) is 0 Å². The molecule has 0 saturated heterocycles. The maximum Gasteiger partial charge on any atom is 0.407 e. The minimum absolute atomic E-state index is 0.237. The second-order valence-electron chi connectivity index (χ2n) is 6.08. The van der Waals surface area contributed by atoms with E-state index in [1.165, 1.54) is 7.11 Å². The Hall–Kier alpha value is -2.60. The van der Waals surface area contributed by atoms with Crippen LogP contribution >= 0.6 is 0 Å². The first-order chi connectivity index (χ1) is 12.7. The average Bonchev–Trinajstić information content (AvgIpc) is 2.69. The lowest BCUT2D eigenvalue weighted by molar-refractivity contribution is -0.123. The Kier molecular flexibility index (Phi) is 7.89. The lowest BCUT2D eigenvalue weighted by Gasteiger charge is -2.29. The van der Waals surface area contributed by atoms with Crippen LogP contribution in [0, 0.1) is 0 Å². The zero-order valence-corrected chi connectivity index (χ0v) is 15.3. The van der Waals surface area contributed by atoms with Crippen LogP contribution < -0.4 is 16.0 Å². The summed E-state index contributed by atoms with van der Waals surface area (Å²) in [7, 11) is 3.11. The van der Waals surface area contributed by atoms with Crippen LogP contribution in [0.2, 0.25) is 0 Å². The van der Waals surface area contributed by atoms with Gasteiger partial charge in [0.05, 0.1) is 7.11 Å². The SMILES string of the molecule is CNCCNC(=O)C(NC(=O)OC)C(C1=CCCC=C1)c1ccccc1. The van der Waals surface area contributed by atoms with E-state index in [-0.39, 0.29) is 11.8 Å². The number of alkyl carbamates (subject to hydrolysis) is 1. The van der Waals surface area contributed by atoms with Crippen LogP contribution in [0.1, 0.15) is 24.3 Å². The summed E-state index contributed by atoms with van der Waals surface area (Å²) >= 11 is 0. The van der Waals surface area contributed by atoms with Crippen LogP contribution in [-0.2, 0) is 9.53 Å². The molecule has 26 heavy (non-hydrogen) atoms. The zero-order valence-electron chi connectivity index (χ0n) is 15.3. The third-order valence-corrected chi connectivity index (χ3v) is 4.29. The topological polar surface area (TPSA) is 79.5 Å². The molecular weight excluding hydrogens is 330 g/mol. The Morgan fingerprint density at radius 3 is 2.54 bits per heavy atom. The van der Waals surface area contributed by atoms with Crippen molar-refractivity contribution in [1.29, 1.82) is 0 Å². The molecule has 2 rings (SSSR count). The molecule has 1 aromatic carbocycles. The Balaban J connectivity index is 2.36. The van der Waals surface area contributed by atoms with E-state index in [1.807, 2.05) is 43.5 Å². The van der Waals surface area contributed by atoms with E-state index in [2.05, 4.69) is 28.1 Å². The number of ether oxygens (including phenoxy) is 1. The molecule has 2 unspecified atom stereocenters. The number of likely N-dealkylation sites (N-methyl/N-ethyl adjacent to an activating group) is 1. The van der Waals surface area contributed by atoms with Crippen molar-refractivity contribution in [2.45, 2.75) is 24.8 Å². The van der Waals surface area contributed by atoms with Crippen molar-refractivity contribution in [1.82, 2.24) is 16.0 Å². The van der Waals surface area contributed by atoms with Crippen LogP contribution in [0.15, 0.2) is 54.1 Å². The zero-order chi connectivity index (χ0) is 18.8. The number of benzene rings is 1. The van der Waals surface area contributed by atoms with Gasteiger partial charge in [0.2, 0.25) is 5.91 Å². The smallest absolute Gasteiger partial charge is 0.407 e. The fourth-order valence-corrected chi connectivity index (χ4v) is 3.01. The third kappa shape index (κ3) is 5.46. The molecule has 0 spiro atoms. The maximum atomic E-state index is 12.9. The standard InChI is InChI=1S/C20H27N3O3/c1-21-13-14-22-19(24)18(23-20(25)26-2)17(15-9-5-3-6-10-15)16-11-7-4-8-12-16/h3,5-7,9-12,17-18,21H,4,8,13-14H2,1-2H3,(H,22,24)(H,23,25). The summed E-state index contributed by atoms with van der Waals surface area (Å²) in [5.41, 5.74) is 1.99. The third-order valence-electron chi connectivity index (χ3n) is 4.29. The van der Waals surface area contributed by atoms with Gasteiger partial charge in [0, 0.05) is 19.0 Å². The summed E-state index contributed by atoms with van der Waals surface area (Å²) < 4.78 is 4.75. The highest BCUT2D eigenvalue weighted by Crippen LogP contribution is 2.31. The van der Waals surface area contributed by atoms with E-state index in [0.29, 0.717) is 13.1 Å². The first-order valence-corrected chi connectivity index (χ1v) is 8.85. The van der Waals surface area contributed by atoms with Gasteiger partial charge in [0.15, 0.2) is 0 Å². The lowest BCUT2D eigenvalue weighted by atomic mass is 9.82. The number of rotatable bonds is 8. The molecule has 0 bridgehead atoms. The molecule has 140 valence electrons. The molecule has 6 heteroatoms. The summed E-state index contributed by atoms with van der Waals surface area (Å²) in [6, 6.07) is 8.98. The van der Waals surface area contributed by atoms with Gasteiger partial charge in [-0.1, -0.05) is 48.6 Å². The number of allylic oxidation sites excluding steroid dienone is 3. The van der Waals surface area contributed by atoms with Crippen molar-refractivity contribution >= 4 is 12.0 Å². The number of carbonyl (C=O) groups excluding carboxylic acids is 2. The number of methoxy groups -OCH3 is 1. The van der Waals surface area contributed by atoms with Gasteiger partial charge in [-0.3, -0.25) is 4.79 Å². The average molecular weight is 357 g/mol. The number of hydrogen-bond donors (Lipinski definition) is 3. The first kappa shape index (κ1) is 19.7. The summed E-state index contributed by atoms with van der Waals surface area (Å²) in [6.45, 7) is 1.13. The van der Waals surface area contributed by atoms with Gasteiger partial charge in [0.25, 0.3) is 0 Å². The second-order valence-corrected chi connectivity index (χ2v) is 6.08. The van der Waals surface area contributed by atoms with E-state index in [1.54, 1.807) is 0 Å². The Bertz CT molecular complexity index is 656. The molecule has 0 radical (unpaired) electrons. The van der Waals surface area contributed by atoms with Gasteiger partial charge in [-0.15, -0.1) is 0 Å². The van der Waals surface area contributed by atoms with Gasteiger partial charge >= 0.3 is 6.09 Å². The van der Waals surface area contributed by atoms with Crippen molar-refractivity contribution in [3.8, 4) is 0 Å². The predicted octanol–water partition coefficient (Wildman–Crippen LogP) is 2.11. The normalized spacial score (nSPS) is 15.5. The van der Waals surface area contributed by atoms with Crippen molar-refractivity contribution in [2.75, 3.05) is 27.2 Å². The fourth-order valence-electron chi connectivity index (χ4n) is 3.01. The molecule has 0 saturated carbocycles. The predicted molar refractivity (Wildman–Crippen MR) is 102 cm³/mol.